The van der Waals surface area contributed by atoms with E-state index < -0.39 is 18.0 Å². The van der Waals surface area contributed by atoms with Crippen LogP contribution in [-0.4, -0.2) is 33.3 Å². The molecule has 25 heavy (non-hydrogen) atoms. The van der Waals surface area contributed by atoms with Crippen LogP contribution in [0.25, 0.3) is 0 Å². The number of benzene rings is 1. The van der Waals surface area contributed by atoms with Gasteiger partial charge in [0.25, 0.3) is 0 Å². The first kappa shape index (κ1) is 19.6. The molecule has 0 aromatic heterocycles. The van der Waals surface area contributed by atoms with Crippen LogP contribution in [0.15, 0.2) is 26.3 Å². The number of nitrogens with one attached hydrogen (secondary N) is 2. The first-order valence-electron chi connectivity index (χ1n) is 7.38. The van der Waals surface area contributed by atoms with Crippen LogP contribution in [-0.2, 0) is 9.53 Å². The third-order valence-corrected chi connectivity index (χ3v) is 5.10. The Hall–Kier alpha value is -1.74. The van der Waals surface area contributed by atoms with Crippen molar-refractivity contribution in [1.29, 1.82) is 0 Å². The highest BCUT2D eigenvalue weighted by atomic mass is 79.9. The number of esters is 1. The zero-order valence-electron chi connectivity index (χ0n) is 14.2. The maximum Gasteiger partial charge on any atom is 0.337 e. The number of urea groups is 1. The average molecular weight is 478 g/mol. The SMILES string of the molecule is CCC1=C(C(=O)OC)C(c2cc(Br)c(OC)c(Br)c2OC)NC(=O)N1. The highest BCUT2D eigenvalue weighted by Gasteiger charge is 2.35. The molecule has 7 nitrogen and oxygen atoms in total. The number of ether oxygens (including phenoxy) is 3. The fourth-order valence-corrected chi connectivity index (χ4v) is 4.33. The maximum absolute atomic E-state index is 12.4. The van der Waals surface area contributed by atoms with Crippen molar-refractivity contribution >= 4 is 43.9 Å². The second-order valence-corrected chi connectivity index (χ2v) is 6.74. The number of hydrogen-bond donors (Lipinski definition) is 2. The predicted molar refractivity (Wildman–Crippen MR) is 98.7 cm³/mol. The van der Waals surface area contributed by atoms with Gasteiger partial charge in [-0.2, -0.15) is 0 Å². The molecule has 0 saturated heterocycles. The Labute approximate surface area is 162 Å². The molecule has 2 amide bonds. The summed E-state index contributed by atoms with van der Waals surface area (Å²) in [4.78, 5) is 24.4. The van der Waals surface area contributed by atoms with Crippen molar-refractivity contribution in [2.45, 2.75) is 19.4 Å². The highest BCUT2D eigenvalue weighted by Crippen LogP contribution is 2.46. The van der Waals surface area contributed by atoms with E-state index in [4.69, 9.17) is 14.2 Å². The molecule has 1 aromatic rings. The van der Waals surface area contributed by atoms with E-state index >= 15 is 0 Å². The van der Waals surface area contributed by atoms with Gasteiger partial charge in [0.1, 0.15) is 10.2 Å². The molecular weight excluding hydrogens is 460 g/mol. The monoisotopic (exact) mass is 476 g/mol. The lowest BCUT2D eigenvalue weighted by Crippen LogP contribution is -2.45. The summed E-state index contributed by atoms with van der Waals surface area (Å²) in [6, 6.07) is 0.610. The molecule has 1 heterocycles. The average Bonchev–Trinajstić information content (AvgIpc) is 2.60. The first-order valence-corrected chi connectivity index (χ1v) is 8.96. The molecular formula is C16H18Br2N2O5. The zero-order chi connectivity index (χ0) is 18.7. The van der Waals surface area contributed by atoms with Crippen LogP contribution in [0.2, 0.25) is 0 Å². The molecule has 0 spiro atoms. The number of methoxy groups -OCH3 is 3. The van der Waals surface area contributed by atoms with Gasteiger partial charge in [0.2, 0.25) is 0 Å². The van der Waals surface area contributed by atoms with Gasteiger partial charge in [0, 0.05) is 11.3 Å². The summed E-state index contributed by atoms with van der Waals surface area (Å²) in [5, 5.41) is 5.42. The number of halogens is 2. The Bertz CT molecular complexity index is 749. The Balaban J connectivity index is 2.73. The number of allylic oxidation sites excluding steroid dienone is 1. The van der Waals surface area contributed by atoms with E-state index in [0.717, 1.165) is 0 Å². The number of hydrogen-bond acceptors (Lipinski definition) is 5. The Morgan fingerprint density at radius 1 is 1.20 bits per heavy atom. The van der Waals surface area contributed by atoms with Gasteiger partial charge in [0.15, 0.2) is 5.75 Å². The van der Waals surface area contributed by atoms with Crippen LogP contribution in [0.4, 0.5) is 4.79 Å². The molecule has 1 unspecified atom stereocenters. The van der Waals surface area contributed by atoms with Crippen LogP contribution in [0.5, 0.6) is 11.5 Å². The highest BCUT2D eigenvalue weighted by molar-refractivity contribution is 9.11. The zero-order valence-corrected chi connectivity index (χ0v) is 17.3. The van der Waals surface area contributed by atoms with Crippen molar-refractivity contribution in [2.75, 3.05) is 21.3 Å². The minimum atomic E-state index is -0.732. The molecule has 0 bridgehead atoms. The molecule has 1 atom stereocenters. The van der Waals surface area contributed by atoms with Gasteiger partial charge in [-0.25, -0.2) is 9.59 Å². The second-order valence-electron chi connectivity index (χ2n) is 5.10. The van der Waals surface area contributed by atoms with E-state index in [1.807, 2.05) is 6.92 Å². The van der Waals surface area contributed by atoms with Crippen molar-refractivity contribution < 1.29 is 23.8 Å². The van der Waals surface area contributed by atoms with Gasteiger partial charge in [0.05, 0.1) is 37.4 Å². The number of carbonyl (C=O) groups excluding carboxylic acids is 2. The van der Waals surface area contributed by atoms with E-state index in [1.165, 1.54) is 21.3 Å². The van der Waals surface area contributed by atoms with Gasteiger partial charge in [-0.1, -0.05) is 6.92 Å². The van der Waals surface area contributed by atoms with Gasteiger partial charge in [-0.15, -0.1) is 0 Å². The summed E-state index contributed by atoms with van der Waals surface area (Å²) in [5.74, 6) is 0.462. The molecule has 1 aliphatic rings. The molecule has 0 radical (unpaired) electrons. The number of amides is 2. The third-order valence-electron chi connectivity index (χ3n) is 3.79. The van der Waals surface area contributed by atoms with Crippen molar-refractivity contribution in [3.05, 3.63) is 31.8 Å². The molecule has 1 aromatic carbocycles. The summed E-state index contributed by atoms with van der Waals surface area (Å²) in [5.41, 5.74) is 1.42. The van der Waals surface area contributed by atoms with Gasteiger partial charge < -0.3 is 24.8 Å². The van der Waals surface area contributed by atoms with Gasteiger partial charge in [-0.05, 0) is 44.3 Å². The lowest BCUT2D eigenvalue weighted by molar-refractivity contribution is -0.136. The van der Waals surface area contributed by atoms with Crippen molar-refractivity contribution in [3.63, 3.8) is 0 Å². The number of carbonyl (C=O) groups is 2. The van der Waals surface area contributed by atoms with Crippen LogP contribution in [0.3, 0.4) is 0 Å². The van der Waals surface area contributed by atoms with E-state index in [-0.39, 0.29) is 0 Å². The molecule has 9 heteroatoms. The minimum absolute atomic E-state index is 0.326. The largest absolute Gasteiger partial charge is 0.495 e. The maximum atomic E-state index is 12.4. The minimum Gasteiger partial charge on any atom is -0.495 e. The Morgan fingerprint density at radius 2 is 1.84 bits per heavy atom. The fraction of sp³-hybridized carbons (Fsp3) is 0.375. The summed E-state index contributed by atoms with van der Waals surface area (Å²) >= 11 is 6.89. The topological polar surface area (TPSA) is 85.9 Å². The lowest BCUT2D eigenvalue weighted by atomic mass is 9.93. The molecule has 0 fully saturated rings. The summed E-state index contributed by atoms with van der Waals surface area (Å²) in [7, 11) is 4.33. The fourth-order valence-electron chi connectivity index (χ4n) is 2.69. The van der Waals surface area contributed by atoms with Gasteiger partial charge >= 0.3 is 12.0 Å². The van der Waals surface area contributed by atoms with Crippen molar-refractivity contribution in [1.82, 2.24) is 10.6 Å². The normalized spacial score (nSPS) is 16.9. The molecule has 2 rings (SSSR count). The third kappa shape index (κ3) is 3.62. The van der Waals surface area contributed by atoms with Crippen molar-refractivity contribution in [3.8, 4) is 11.5 Å². The van der Waals surface area contributed by atoms with E-state index in [2.05, 4.69) is 42.5 Å². The predicted octanol–water partition coefficient (Wildman–Crippen LogP) is 3.42. The Morgan fingerprint density at radius 3 is 2.36 bits per heavy atom. The molecule has 1 aliphatic heterocycles. The Kier molecular flexibility index (Phi) is 6.34. The standard InChI is InChI=1S/C16H18Br2N2O5/c1-5-9-10(15(21)25-4)12(20-16(22)19-9)7-6-8(17)14(24-3)11(18)13(7)23-2/h6,12H,5H2,1-4H3,(H2,19,20,22). The van der Waals surface area contributed by atoms with Crippen LogP contribution in [0.1, 0.15) is 24.9 Å². The van der Waals surface area contributed by atoms with Gasteiger partial charge in [-0.3, -0.25) is 0 Å². The number of rotatable bonds is 5. The second kappa shape index (κ2) is 8.09. The van der Waals surface area contributed by atoms with Crippen LogP contribution >= 0.6 is 31.9 Å². The first-order chi connectivity index (χ1) is 11.9. The van der Waals surface area contributed by atoms with E-state index in [9.17, 15) is 9.59 Å². The quantitative estimate of drug-likeness (QED) is 0.634. The van der Waals surface area contributed by atoms with E-state index in [0.29, 0.717) is 43.7 Å². The molecule has 136 valence electrons. The summed E-state index contributed by atoms with van der Waals surface area (Å²) in [6.07, 6.45) is 0.467. The van der Waals surface area contributed by atoms with Crippen LogP contribution < -0.4 is 20.1 Å². The molecule has 0 aliphatic carbocycles. The lowest BCUT2D eigenvalue weighted by Gasteiger charge is -2.30. The smallest absolute Gasteiger partial charge is 0.337 e. The summed E-state index contributed by atoms with van der Waals surface area (Å²) < 4.78 is 17.0. The summed E-state index contributed by atoms with van der Waals surface area (Å²) in [6.45, 7) is 1.85. The van der Waals surface area contributed by atoms with Crippen molar-refractivity contribution in [2.24, 2.45) is 0 Å². The van der Waals surface area contributed by atoms with Crippen LogP contribution in [0, 0.1) is 0 Å². The molecule has 0 saturated carbocycles. The molecule has 2 N–H and O–H groups in total. The van der Waals surface area contributed by atoms with E-state index in [1.54, 1.807) is 6.07 Å².